The maximum atomic E-state index is 12.9. The Kier molecular flexibility index (Phi) is 6.14. The first-order valence-electron chi connectivity index (χ1n) is 9.15. The van der Waals surface area contributed by atoms with Gasteiger partial charge in [0.05, 0.1) is 12.1 Å². The summed E-state index contributed by atoms with van der Waals surface area (Å²) in [5.41, 5.74) is -0.138. The second-order valence-corrected chi connectivity index (χ2v) is 8.24. The van der Waals surface area contributed by atoms with E-state index in [0.717, 1.165) is 0 Å². The van der Waals surface area contributed by atoms with Crippen LogP contribution in [0.25, 0.3) is 0 Å². The Hall–Kier alpha value is -1.85. The monoisotopic (exact) mass is 360 g/mol. The maximum absolute atomic E-state index is 12.9. The number of ether oxygens (including phenoxy) is 2. The molecule has 1 N–H and O–H groups in total. The van der Waals surface area contributed by atoms with E-state index in [2.05, 4.69) is 24.0 Å². The molecule has 1 aromatic carbocycles. The highest BCUT2D eigenvalue weighted by Gasteiger charge is 2.51. The van der Waals surface area contributed by atoms with Gasteiger partial charge in [0.1, 0.15) is 11.3 Å². The summed E-state index contributed by atoms with van der Waals surface area (Å²) in [6.07, 6.45) is 1.32. The number of rotatable bonds is 5. The molecule has 1 saturated heterocycles. The van der Waals surface area contributed by atoms with E-state index in [4.69, 9.17) is 9.47 Å². The van der Waals surface area contributed by atoms with Crippen molar-refractivity contribution >= 4 is 6.09 Å². The molecule has 0 spiro atoms. The Morgan fingerprint density at radius 2 is 2.00 bits per heavy atom. The number of benzene rings is 1. The van der Waals surface area contributed by atoms with Gasteiger partial charge in [0.15, 0.2) is 0 Å². The SMILES string of the molecule is C=C[C@H](NCc1ccccc1)[C@@H]1[C@@H](C)OC(C)(C)N1C(=O)OC(C)(C)C. The van der Waals surface area contributed by atoms with Gasteiger partial charge in [-0.2, -0.15) is 0 Å². The van der Waals surface area contributed by atoms with Crippen LogP contribution in [0.5, 0.6) is 0 Å². The van der Waals surface area contributed by atoms with Gasteiger partial charge in [-0.1, -0.05) is 36.4 Å². The Morgan fingerprint density at radius 3 is 2.54 bits per heavy atom. The van der Waals surface area contributed by atoms with Gasteiger partial charge in [-0.15, -0.1) is 6.58 Å². The lowest BCUT2D eigenvalue weighted by atomic mass is 10.0. The summed E-state index contributed by atoms with van der Waals surface area (Å²) >= 11 is 0. The van der Waals surface area contributed by atoms with Gasteiger partial charge in [-0.05, 0) is 47.1 Å². The number of nitrogens with zero attached hydrogens (tertiary/aromatic N) is 1. The van der Waals surface area contributed by atoms with Gasteiger partial charge in [0, 0.05) is 12.6 Å². The van der Waals surface area contributed by atoms with Crippen molar-refractivity contribution in [1.82, 2.24) is 10.2 Å². The lowest BCUT2D eigenvalue weighted by molar-refractivity contribution is -0.0758. The van der Waals surface area contributed by atoms with E-state index in [1.807, 2.05) is 65.8 Å². The van der Waals surface area contributed by atoms with Gasteiger partial charge >= 0.3 is 6.09 Å². The molecular formula is C21H32N2O3. The van der Waals surface area contributed by atoms with Crippen molar-refractivity contribution in [2.24, 2.45) is 0 Å². The van der Waals surface area contributed by atoms with Gasteiger partial charge in [0.25, 0.3) is 0 Å². The Labute approximate surface area is 157 Å². The lowest BCUT2D eigenvalue weighted by Gasteiger charge is -2.37. The quantitative estimate of drug-likeness (QED) is 0.804. The number of hydrogen-bond acceptors (Lipinski definition) is 4. The van der Waals surface area contributed by atoms with E-state index in [-0.39, 0.29) is 24.3 Å². The Bertz CT molecular complexity index is 622. The van der Waals surface area contributed by atoms with Crippen LogP contribution in [0.4, 0.5) is 4.79 Å². The summed E-state index contributed by atoms with van der Waals surface area (Å²) in [7, 11) is 0. The largest absolute Gasteiger partial charge is 0.444 e. The smallest absolute Gasteiger partial charge is 0.412 e. The molecule has 0 aliphatic carbocycles. The van der Waals surface area contributed by atoms with Crippen molar-refractivity contribution in [2.45, 2.75) is 77.6 Å². The molecule has 1 amide bonds. The average molecular weight is 360 g/mol. The molecule has 5 nitrogen and oxygen atoms in total. The number of amides is 1. The third-order valence-corrected chi connectivity index (χ3v) is 4.43. The van der Waals surface area contributed by atoms with Gasteiger partial charge in [-0.25, -0.2) is 4.79 Å². The highest BCUT2D eigenvalue weighted by molar-refractivity contribution is 5.70. The third kappa shape index (κ3) is 4.86. The van der Waals surface area contributed by atoms with Crippen LogP contribution in [0.3, 0.4) is 0 Å². The van der Waals surface area contributed by atoms with E-state index in [1.54, 1.807) is 4.90 Å². The molecular weight excluding hydrogens is 328 g/mol. The first-order chi connectivity index (χ1) is 12.0. The van der Waals surface area contributed by atoms with Crippen LogP contribution in [0.1, 0.15) is 47.1 Å². The fourth-order valence-corrected chi connectivity index (χ4v) is 3.43. The molecule has 0 radical (unpaired) electrons. The molecule has 26 heavy (non-hydrogen) atoms. The van der Waals surface area contributed by atoms with Gasteiger partial charge in [-0.3, -0.25) is 4.90 Å². The topological polar surface area (TPSA) is 50.8 Å². The van der Waals surface area contributed by atoms with Gasteiger partial charge in [0.2, 0.25) is 0 Å². The number of carbonyl (C=O) groups excluding carboxylic acids is 1. The van der Waals surface area contributed by atoms with Crippen LogP contribution in [-0.2, 0) is 16.0 Å². The minimum absolute atomic E-state index is 0.125. The minimum atomic E-state index is -0.748. The third-order valence-electron chi connectivity index (χ3n) is 4.43. The van der Waals surface area contributed by atoms with E-state index in [9.17, 15) is 4.79 Å². The van der Waals surface area contributed by atoms with E-state index >= 15 is 0 Å². The van der Waals surface area contributed by atoms with Crippen molar-refractivity contribution in [1.29, 1.82) is 0 Å². The highest BCUT2D eigenvalue weighted by Crippen LogP contribution is 2.35. The number of carbonyl (C=O) groups is 1. The summed E-state index contributed by atoms with van der Waals surface area (Å²) in [6, 6.07) is 9.82. The molecule has 1 aliphatic heterocycles. The average Bonchev–Trinajstić information content (AvgIpc) is 2.76. The van der Waals surface area contributed by atoms with Crippen LogP contribution in [-0.4, -0.2) is 40.5 Å². The second kappa shape index (κ2) is 7.80. The molecule has 1 fully saturated rings. The normalized spacial score (nSPS) is 23.5. The zero-order valence-corrected chi connectivity index (χ0v) is 16.8. The summed E-state index contributed by atoms with van der Waals surface area (Å²) in [4.78, 5) is 14.6. The first kappa shape index (κ1) is 20.5. The maximum Gasteiger partial charge on any atom is 0.412 e. The van der Waals surface area contributed by atoms with E-state index in [1.165, 1.54) is 5.56 Å². The van der Waals surface area contributed by atoms with E-state index in [0.29, 0.717) is 6.54 Å². The van der Waals surface area contributed by atoms with E-state index < -0.39 is 11.3 Å². The summed E-state index contributed by atoms with van der Waals surface area (Å²) < 4.78 is 11.7. The van der Waals surface area contributed by atoms with Crippen molar-refractivity contribution in [2.75, 3.05) is 0 Å². The van der Waals surface area contributed by atoms with Gasteiger partial charge < -0.3 is 14.8 Å². The van der Waals surface area contributed by atoms with Crippen LogP contribution < -0.4 is 5.32 Å². The predicted molar refractivity (Wildman–Crippen MR) is 104 cm³/mol. The number of hydrogen-bond donors (Lipinski definition) is 1. The fraction of sp³-hybridized carbons (Fsp3) is 0.571. The van der Waals surface area contributed by atoms with Crippen molar-refractivity contribution in [3.63, 3.8) is 0 Å². The molecule has 5 heteroatoms. The molecule has 2 rings (SSSR count). The van der Waals surface area contributed by atoms with Crippen molar-refractivity contribution in [3.8, 4) is 0 Å². The van der Waals surface area contributed by atoms with Crippen molar-refractivity contribution < 1.29 is 14.3 Å². The van der Waals surface area contributed by atoms with Crippen LogP contribution >= 0.6 is 0 Å². The summed E-state index contributed by atoms with van der Waals surface area (Å²) in [5, 5.41) is 3.50. The lowest BCUT2D eigenvalue weighted by Crippen LogP contribution is -2.56. The molecule has 3 atom stereocenters. The molecule has 1 heterocycles. The molecule has 1 aliphatic rings. The Balaban J connectivity index is 2.20. The van der Waals surface area contributed by atoms with Crippen LogP contribution in [0.15, 0.2) is 43.0 Å². The number of nitrogens with one attached hydrogen (secondary N) is 1. The fourth-order valence-electron chi connectivity index (χ4n) is 3.43. The molecule has 0 unspecified atom stereocenters. The Morgan fingerprint density at radius 1 is 1.38 bits per heavy atom. The predicted octanol–water partition coefficient (Wildman–Crippen LogP) is 4.09. The second-order valence-electron chi connectivity index (χ2n) is 8.24. The van der Waals surface area contributed by atoms with Crippen molar-refractivity contribution in [3.05, 3.63) is 48.6 Å². The summed E-state index contributed by atoms with van der Waals surface area (Å²) in [6.45, 7) is 16.0. The first-order valence-corrected chi connectivity index (χ1v) is 9.15. The molecule has 0 bridgehead atoms. The molecule has 0 saturated carbocycles. The van der Waals surface area contributed by atoms with Crippen LogP contribution in [0.2, 0.25) is 0 Å². The standard InChI is InChI=1S/C21H32N2O3/c1-8-17(22-14-16-12-10-9-11-13-16)18-15(2)25-21(6,7)23(18)19(24)26-20(3,4)5/h8-13,15,17-18,22H,1,14H2,2-7H3/t15-,17+,18+/m1/s1. The minimum Gasteiger partial charge on any atom is -0.444 e. The highest BCUT2D eigenvalue weighted by atomic mass is 16.6. The zero-order valence-electron chi connectivity index (χ0n) is 16.8. The molecule has 144 valence electrons. The zero-order chi connectivity index (χ0) is 19.5. The summed E-state index contributed by atoms with van der Waals surface area (Å²) in [5.74, 6) is 0. The molecule has 1 aromatic rings. The van der Waals surface area contributed by atoms with Crippen LogP contribution in [0, 0.1) is 0 Å². The molecule has 0 aromatic heterocycles.